The molecule has 124 valence electrons. The lowest BCUT2D eigenvalue weighted by Gasteiger charge is -2.27. The van der Waals surface area contributed by atoms with Crippen molar-refractivity contribution in [3.8, 4) is 0 Å². The molecule has 1 aliphatic rings. The summed E-state index contributed by atoms with van der Waals surface area (Å²) < 4.78 is 5.30. The maximum Gasteiger partial charge on any atom is 0.326 e. The van der Waals surface area contributed by atoms with Crippen molar-refractivity contribution in [2.75, 3.05) is 6.61 Å². The Bertz CT molecular complexity index is 557. The average molecular weight is 319 g/mol. The molecule has 2 rings (SSSR count). The first kappa shape index (κ1) is 17.1. The molecule has 0 aliphatic heterocycles. The molecule has 0 unspecified atom stereocenters. The number of ether oxygens (including phenoxy) is 1. The third-order valence-corrected chi connectivity index (χ3v) is 3.92. The molecule has 2 N–H and O–H groups in total. The standard InChI is InChI=1S/C17H21NO5/c19-14-8-4-7-13(9-14)16(17(21)22)18-15(20)11-23-10-12-5-2-1-3-6-12/h1-3,5-6,13,16H,4,7-11H2,(H,18,20)(H,21,22)/t13-,16+/m0/s1. The minimum absolute atomic E-state index is 0.0575. The van der Waals surface area contributed by atoms with E-state index in [0.717, 1.165) is 5.56 Å². The van der Waals surface area contributed by atoms with Crippen LogP contribution >= 0.6 is 0 Å². The fraction of sp³-hybridized carbons (Fsp3) is 0.471. The molecule has 1 amide bonds. The van der Waals surface area contributed by atoms with Crippen molar-refractivity contribution in [3.05, 3.63) is 35.9 Å². The van der Waals surface area contributed by atoms with E-state index < -0.39 is 17.9 Å². The fourth-order valence-corrected chi connectivity index (χ4v) is 2.77. The lowest BCUT2D eigenvalue weighted by atomic mass is 9.83. The molecule has 0 spiro atoms. The van der Waals surface area contributed by atoms with Crippen molar-refractivity contribution in [1.82, 2.24) is 5.32 Å². The second-order valence-electron chi connectivity index (χ2n) is 5.76. The zero-order valence-corrected chi connectivity index (χ0v) is 12.9. The molecular weight excluding hydrogens is 298 g/mol. The molecule has 2 atom stereocenters. The lowest BCUT2D eigenvalue weighted by molar-refractivity contribution is -0.145. The Balaban J connectivity index is 1.81. The maximum absolute atomic E-state index is 11.9. The highest BCUT2D eigenvalue weighted by Crippen LogP contribution is 2.24. The van der Waals surface area contributed by atoms with E-state index in [1.54, 1.807) is 0 Å². The summed E-state index contributed by atoms with van der Waals surface area (Å²) in [4.78, 5) is 34.7. The van der Waals surface area contributed by atoms with Crippen LogP contribution in [0.25, 0.3) is 0 Å². The Labute approximate surface area is 134 Å². The zero-order valence-electron chi connectivity index (χ0n) is 12.9. The molecule has 1 aromatic carbocycles. The first-order chi connectivity index (χ1) is 11.1. The van der Waals surface area contributed by atoms with E-state index >= 15 is 0 Å². The van der Waals surface area contributed by atoms with E-state index in [4.69, 9.17) is 4.74 Å². The molecule has 0 saturated heterocycles. The Hall–Kier alpha value is -2.21. The Morgan fingerprint density at radius 1 is 1.30 bits per heavy atom. The topological polar surface area (TPSA) is 92.7 Å². The number of hydrogen-bond acceptors (Lipinski definition) is 4. The molecule has 0 aromatic heterocycles. The molecule has 0 heterocycles. The number of ketones is 1. The molecule has 1 saturated carbocycles. The Morgan fingerprint density at radius 3 is 2.70 bits per heavy atom. The first-order valence-electron chi connectivity index (χ1n) is 7.72. The number of rotatable bonds is 7. The second kappa shape index (κ2) is 8.43. The number of amides is 1. The highest BCUT2D eigenvalue weighted by Gasteiger charge is 2.33. The molecule has 0 radical (unpaired) electrons. The summed E-state index contributed by atoms with van der Waals surface area (Å²) >= 11 is 0. The fourth-order valence-electron chi connectivity index (χ4n) is 2.77. The van der Waals surface area contributed by atoms with Crippen LogP contribution in [0.3, 0.4) is 0 Å². The minimum atomic E-state index is -1.11. The summed E-state index contributed by atoms with van der Waals surface area (Å²) in [6, 6.07) is 8.36. The Morgan fingerprint density at radius 2 is 2.04 bits per heavy atom. The van der Waals surface area contributed by atoms with Crippen LogP contribution in [0.5, 0.6) is 0 Å². The van der Waals surface area contributed by atoms with Crippen molar-refractivity contribution in [2.45, 2.75) is 38.3 Å². The van der Waals surface area contributed by atoms with Gasteiger partial charge in [-0.25, -0.2) is 4.79 Å². The van der Waals surface area contributed by atoms with Crippen molar-refractivity contribution in [3.63, 3.8) is 0 Å². The smallest absolute Gasteiger partial charge is 0.326 e. The number of carboxylic acids is 1. The van der Waals surface area contributed by atoms with Crippen LogP contribution < -0.4 is 5.32 Å². The Kier molecular flexibility index (Phi) is 6.29. The number of carbonyl (C=O) groups is 3. The number of Topliss-reactive ketones (excluding diaryl/α,β-unsaturated/α-hetero) is 1. The minimum Gasteiger partial charge on any atom is -0.480 e. The van der Waals surface area contributed by atoms with Crippen molar-refractivity contribution in [1.29, 1.82) is 0 Å². The molecule has 23 heavy (non-hydrogen) atoms. The normalized spacial score (nSPS) is 19.1. The molecular formula is C17H21NO5. The van der Waals surface area contributed by atoms with Crippen LogP contribution in [0.15, 0.2) is 30.3 Å². The van der Waals surface area contributed by atoms with Crippen LogP contribution in [0, 0.1) is 5.92 Å². The van der Waals surface area contributed by atoms with E-state index in [1.165, 1.54) is 0 Å². The largest absolute Gasteiger partial charge is 0.480 e. The van der Waals surface area contributed by atoms with Gasteiger partial charge >= 0.3 is 5.97 Å². The van der Waals surface area contributed by atoms with Crippen LogP contribution in [-0.2, 0) is 25.7 Å². The van der Waals surface area contributed by atoms with Gasteiger partial charge in [0.2, 0.25) is 5.91 Å². The van der Waals surface area contributed by atoms with Gasteiger partial charge in [-0.2, -0.15) is 0 Å². The number of aliphatic carboxylic acids is 1. The molecule has 1 aromatic rings. The number of nitrogens with one attached hydrogen (secondary N) is 1. The van der Waals surface area contributed by atoms with Crippen LogP contribution in [0.2, 0.25) is 0 Å². The van der Waals surface area contributed by atoms with Gasteiger partial charge in [-0.3, -0.25) is 9.59 Å². The van der Waals surface area contributed by atoms with Gasteiger partial charge in [0.1, 0.15) is 18.4 Å². The second-order valence-corrected chi connectivity index (χ2v) is 5.76. The van der Waals surface area contributed by atoms with Crippen molar-refractivity contribution >= 4 is 17.7 Å². The predicted molar refractivity (Wildman–Crippen MR) is 82.6 cm³/mol. The molecule has 6 heteroatoms. The summed E-state index contributed by atoms with van der Waals surface area (Å²) in [5.74, 6) is -1.87. The molecule has 6 nitrogen and oxygen atoms in total. The molecule has 0 bridgehead atoms. The number of benzene rings is 1. The summed E-state index contributed by atoms with van der Waals surface area (Å²) in [6.07, 6.45) is 2.01. The van der Waals surface area contributed by atoms with E-state index in [9.17, 15) is 19.5 Å². The quantitative estimate of drug-likeness (QED) is 0.795. The third kappa shape index (κ3) is 5.49. The van der Waals surface area contributed by atoms with Crippen molar-refractivity contribution < 1.29 is 24.2 Å². The van der Waals surface area contributed by atoms with E-state index in [0.29, 0.717) is 19.3 Å². The lowest BCUT2D eigenvalue weighted by Crippen LogP contribution is -2.48. The molecule has 1 fully saturated rings. The SMILES string of the molecule is O=C1CCC[C@H]([C@@H](NC(=O)COCc2ccccc2)C(=O)O)C1. The summed E-state index contributed by atoms with van der Waals surface area (Å²) in [5, 5.41) is 11.8. The highest BCUT2D eigenvalue weighted by molar-refractivity contribution is 5.86. The van der Waals surface area contributed by atoms with Gasteiger partial charge in [0.25, 0.3) is 0 Å². The van der Waals surface area contributed by atoms with E-state index in [2.05, 4.69) is 5.32 Å². The van der Waals surface area contributed by atoms with Gasteiger partial charge in [0.05, 0.1) is 6.61 Å². The van der Waals surface area contributed by atoms with Gasteiger partial charge in [0, 0.05) is 12.8 Å². The van der Waals surface area contributed by atoms with Crippen LogP contribution in [0.1, 0.15) is 31.2 Å². The van der Waals surface area contributed by atoms with Gasteiger partial charge in [-0.1, -0.05) is 30.3 Å². The van der Waals surface area contributed by atoms with Gasteiger partial charge < -0.3 is 15.2 Å². The van der Waals surface area contributed by atoms with Gasteiger partial charge in [-0.15, -0.1) is 0 Å². The number of hydrogen-bond donors (Lipinski definition) is 2. The summed E-state index contributed by atoms with van der Waals surface area (Å²) in [7, 11) is 0. The van der Waals surface area contributed by atoms with Crippen LogP contribution in [0.4, 0.5) is 0 Å². The number of carbonyl (C=O) groups excluding carboxylic acids is 2. The van der Waals surface area contributed by atoms with E-state index in [-0.39, 0.29) is 31.3 Å². The van der Waals surface area contributed by atoms with Gasteiger partial charge in [0.15, 0.2) is 0 Å². The number of carboxylic acid groups (broad SMARTS) is 1. The predicted octanol–water partition coefficient (Wildman–Crippen LogP) is 1.53. The van der Waals surface area contributed by atoms with Crippen molar-refractivity contribution in [2.24, 2.45) is 5.92 Å². The third-order valence-electron chi connectivity index (χ3n) is 3.92. The zero-order chi connectivity index (χ0) is 16.7. The maximum atomic E-state index is 11.9. The highest BCUT2D eigenvalue weighted by atomic mass is 16.5. The monoisotopic (exact) mass is 319 g/mol. The van der Waals surface area contributed by atoms with Crippen LogP contribution in [-0.4, -0.2) is 35.4 Å². The first-order valence-corrected chi connectivity index (χ1v) is 7.72. The summed E-state index contributed by atoms with van der Waals surface area (Å²) in [6.45, 7) is 0.0766. The average Bonchev–Trinajstić information content (AvgIpc) is 2.53. The van der Waals surface area contributed by atoms with Gasteiger partial charge in [-0.05, 0) is 24.3 Å². The molecule has 1 aliphatic carbocycles. The van der Waals surface area contributed by atoms with E-state index in [1.807, 2.05) is 30.3 Å². The summed E-state index contributed by atoms with van der Waals surface area (Å²) in [5.41, 5.74) is 0.938.